The van der Waals surface area contributed by atoms with Crippen molar-refractivity contribution in [2.45, 2.75) is 39.8 Å². The van der Waals surface area contributed by atoms with Crippen molar-refractivity contribution in [2.75, 3.05) is 26.3 Å². The molecule has 0 saturated carbocycles. The van der Waals surface area contributed by atoms with Crippen LogP contribution in [0.4, 0.5) is 0 Å². The predicted octanol–water partition coefficient (Wildman–Crippen LogP) is 0.972. The van der Waals surface area contributed by atoms with Gasteiger partial charge in [-0.05, 0) is 20.3 Å². The number of aromatic nitrogens is 3. The van der Waals surface area contributed by atoms with E-state index in [4.69, 9.17) is 9.26 Å². The van der Waals surface area contributed by atoms with Crippen molar-refractivity contribution in [3.05, 3.63) is 34.0 Å². The maximum atomic E-state index is 12.9. The lowest BCUT2D eigenvalue weighted by atomic mass is 10.1. The second-order valence-corrected chi connectivity index (χ2v) is 7.35. The molecule has 2 aromatic rings. The number of nitrogens with zero attached hydrogens (tertiary/aromatic N) is 5. The smallest absolute Gasteiger partial charge is 0.274 e. The van der Waals surface area contributed by atoms with E-state index in [2.05, 4.69) is 10.3 Å². The molecule has 1 saturated heterocycles. The summed E-state index contributed by atoms with van der Waals surface area (Å²) in [6.07, 6.45) is 0.988. The Morgan fingerprint density at radius 1 is 1.11 bits per heavy atom. The van der Waals surface area contributed by atoms with Crippen molar-refractivity contribution < 1.29 is 18.8 Å². The lowest BCUT2D eigenvalue weighted by Crippen LogP contribution is -2.41. The largest absolute Gasteiger partial charge is 0.378 e. The molecule has 2 aromatic heterocycles. The Kier molecular flexibility index (Phi) is 4.92. The van der Waals surface area contributed by atoms with Crippen LogP contribution >= 0.6 is 0 Å². The molecule has 0 radical (unpaired) electrons. The highest BCUT2D eigenvalue weighted by atomic mass is 16.5. The summed E-state index contributed by atoms with van der Waals surface area (Å²) < 4.78 is 12.2. The van der Waals surface area contributed by atoms with Gasteiger partial charge in [-0.3, -0.25) is 14.3 Å². The van der Waals surface area contributed by atoms with Crippen LogP contribution in [0.5, 0.6) is 0 Å². The Labute approximate surface area is 163 Å². The molecule has 2 amide bonds. The monoisotopic (exact) mass is 387 g/mol. The van der Waals surface area contributed by atoms with Gasteiger partial charge in [0.25, 0.3) is 5.91 Å². The SMILES string of the molecule is Cc1noc(C)c1CCC(=O)N1Cc2c(C(=O)N3CCOCC3)nn(C)c2C1. The van der Waals surface area contributed by atoms with Crippen molar-refractivity contribution in [1.82, 2.24) is 24.7 Å². The molecule has 0 spiro atoms. The average molecular weight is 387 g/mol. The molecule has 0 unspecified atom stereocenters. The summed E-state index contributed by atoms with van der Waals surface area (Å²) >= 11 is 0. The zero-order chi connectivity index (χ0) is 19.8. The van der Waals surface area contributed by atoms with Crippen LogP contribution in [0, 0.1) is 13.8 Å². The van der Waals surface area contributed by atoms with Crippen molar-refractivity contribution in [1.29, 1.82) is 0 Å². The average Bonchev–Trinajstić information content (AvgIpc) is 3.36. The molecule has 0 bridgehead atoms. The van der Waals surface area contributed by atoms with Gasteiger partial charge in [0.2, 0.25) is 5.91 Å². The van der Waals surface area contributed by atoms with Gasteiger partial charge in [-0.25, -0.2) is 0 Å². The third-order valence-corrected chi connectivity index (χ3v) is 5.59. The number of aryl methyl sites for hydroxylation is 3. The fraction of sp³-hybridized carbons (Fsp3) is 0.579. The lowest BCUT2D eigenvalue weighted by molar-refractivity contribution is -0.131. The number of ether oxygens (including phenoxy) is 1. The second kappa shape index (κ2) is 7.38. The first-order valence-electron chi connectivity index (χ1n) is 9.57. The summed E-state index contributed by atoms with van der Waals surface area (Å²) in [5, 5.41) is 8.38. The number of morpholine rings is 1. The van der Waals surface area contributed by atoms with E-state index in [1.807, 2.05) is 20.9 Å². The molecule has 0 atom stereocenters. The van der Waals surface area contributed by atoms with Crippen molar-refractivity contribution in [3.63, 3.8) is 0 Å². The van der Waals surface area contributed by atoms with Gasteiger partial charge in [-0.1, -0.05) is 5.16 Å². The molecular weight excluding hydrogens is 362 g/mol. The quantitative estimate of drug-likeness (QED) is 0.776. The van der Waals surface area contributed by atoms with Crippen molar-refractivity contribution >= 4 is 11.8 Å². The number of carbonyl (C=O) groups excluding carboxylic acids is 2. The highest BCUT2D eigenvalue weighted by Gasteiger charge is 2.33. The molecule has 4 heterocycles. The van der Waals surface area contributed by atoms with Crippen LogP contribution in [0.15, 0.2) is 4.52 Å². The number of amides is 2. The number of hydrogen-bond donors (Lipinski definition) is 0. The zero-order valence-electron chi connectivity index (χ0n) is 16.5. The lowest BCUT2D eigenvalue weighted by Gasteiger charge is -2.26. The number of hydrogen-bond acceptors (Lipinski definition) is 6. The van der Waals surface area contributed by atoms with Gasteiger partial charge in [-0.15, -0.1) is 0 Å². The minimum atomic E-state index is -0.0785. The predicted molar refractivity (Wildman–Crippen MR) is 98.5 cm³/mol. The highest BCUT2D eigenvalue weighted by Crippen LogP contribution is 2.27. The first kappa shape index (κ1) is 18.7. The third-order valence-electron chi connectivity index (χ3n) is 5.59. The van der Waals surface area contributed by atoms with Gasteiger partial charge >= 0.3 is 0 Å². The van der Waals surface area contributed by atoms with Crippen LogP contribution in [0.3, 0.4) is 0 Å². The van der Waals surface area contributed by atoms with Gasteiger partial charge in [0.15, 0.2) is 5.69 Å². The van der Waals surface area contributed by atoms with Gasteiger partial charge in [0, 0.05) is 37.7 Å². The van der Waals surface area contributed by atoms with Crippen LogP contribution < -0.4 is 0 Å². The van der Waals surface area contributed by atoms with E-state index < -0.39 is 0 Å². The topological polar surface area (TPSA) is 93.7 Å². The maximum Gasteiger partial charge on any atom is 0.274 e. The third kappa shape index (κ3) is 3.30. The molecule has 1 fully saturated rings. The first-order valence-corrected chi connectivity index (χ1v) is 9.57. The van der Waals surface area contributed by atoms with Gasteiger partial charge in [-0.2, -0.15) is 5.10 Å². The summed E-state index contributed by atoms with van der Waals surface area (Å²) in [5.74, 6) is 0.740. The zero-order valence-corrected chi connectivity index (χ0v) is 16.5. The van der Waals surface area contributed by atoms with Gasteiger partial charge in [0.1, 0.15) is 5.76 Å². The minimum absolute atomic E-state index is 0.0565. The van der Waals surface area contributed by atoms with E-state index in [-0.39, 0.29) is 11.8 Å². The van der Waals surface area contributed by atoms with Crippen LogP contribution in [-0.4, -0.2) is 62.9 Å². The maximum absolute atomic E-state index is 12.9. The summed E-state index contributed by atoms with van der Waals surface area (Å²) in [4.78, 5) is 29.2. The molecule has 0 aromatic carbocycles. The number of carbonyl (C=O) groups is 2. The molecule has 150 valence electrons. The minimum Gasteiger partial charge on any atom is -0.378 e. The van der Waals surface area contributed by atoms with E-state index in [1.54, 1.807) is 14.5 Å². The van der Waals surface area contributed by atoms with Crippen LogP contribution in [-0.2, 0) is 36.1 Å². The van der Waals surface area contributed by atoms with E-state index in [9.17, 15) is 9.59 Å². The molecule has 0 aliphatic carbocycles. The molecule has 2 aliphatic heterocycles. The van der Waals surface area contributed by atoms with E-state index in [0.717, 1.165) is 28.3 Å². The normalized spacial score (nSPS) is 16.5. The molecule has 9 nitrogen and oxygen atoms in total. The molecule has 9 heteroatoms. The summed E-state index contributed by atoms with van der Waals surface area (Å²) in [7, 11) is 1.83. The Morgan fingerprint density at radius 3 is 2.54 bits per heavy atom. The Bertz CT molecular complexity index is 890. The summed E-state index contributed by atoms with van der Waals surface area (Å²) in [5.41, 5.74) is 4.08. The van der Waals surface area contributed by atoms with Crippen LogP contribution in [0.1, 0.15) is 45.2 Å². The highest BCUT2D eigenvalue weighted by molar-refractivity contribution is 5.94. The standard InChI is InChI=1S/C19H25N5O4/c1-12-14(13(2)28-21-12)4-5-17(25)24-10-15-16(11-24)22(3)20-18(15)19(26)23-6-8-27-9-7-23/h4-11H2,1-3H3. The van der Waals surface area contributed by atoms with Crippen molar-refractivity contribution in [3.8, 4) is 0 Å². The van der Waals surface area contributed by atoms with E-state index in [0.29, 0.717) is 57.9 Å². The number of fused-ring (bicyclic) bond motifs is 1. The summed E-state index contributed by atoms with van der Waals surface area (Å²) in [6, 6.07) is 0. The van der Waals surface area contributed by atoms with E-state index in [1.165, 1.54) is 0 Å². The molecule has 28 heavy (non-hydrogen) atoms. The molecule has 0 N–H and O–H groups in total. The summed E-state index contributed by atoms with van der Waals surface area (Å²) in [6.45, 7) is 6.90. The van der Waals surface area contributed by atoms with E-state index >= 15 is 0 Å². The molecule has 4 rings (SSSR count). The van der Waals surface area contributed by atoms with Crippen LogP contribution in [0.25, 0.3) is 0 Å². The second-order valence-electron chi connectivity index (χ2n) is 7.35. The van der Waals surface area contributed by atoms with Crippen molar-refractivity contribution in [2.24, 2.45) is 7.05 Å². The first-order chi connectivity index (χ1) is 13.5. The van der Waals surface area contributed by atoms with Gasteiger partial charge in [0.05, 0.1) is 37.7 Å². The molecule has 2 aliphatic rings. The Balaban J connectivity index is 1.44. The van der Waals surface area contributed by atoms with Gasteiger partial charge < -0.3 is 19.1 Å². The Morgan fingerprint density at radius 2 is 1.86 bits per heavy atom. The Hall–Kier alpha value is -2.68. The fourth-order valence-electron chi connectivity index (χ4n) is 3.91. The van der Waals surface area contributed by atoms with Crippen LogP contribution in [0.2, 0.25) is 0 Å². The number of rotatable bonds is 4. The molecular formula is C19H25N5O4. The fourth-order valence-corrected chi connectivity index (χ4v) is 3.91.